The van der Waals surface area contributed by atoms with Crippen molar-refractivity contribution in [3.8, 4) is 11.1 Å². The molecule has 8 rings (SSSR count). The molecule has 1 saturated heterocycles. The van der Waals surface area contributed by atoms with Crippen LogP contribution in [0.25, 0.3) is 22.2 Å². The maximum atomic E-state index is 13.3. The van der Waals surface area contributed by atoms with Gasteiger partial charge in [-0.2, -0.15) is 0 Å². The van der Waals surface area contributed by atoms with Gasteiger partial charge < -0.3 is 14.8 Å². The van der Waals surface area contributed by atoms with Crippen LogP contribution in [0, 0.1) is 23.2 Å². The van der Waals surface area contributed by atoms with Crippen LogP contribution in [0.15, 0.2) is 36.7 Å². The van der Waals surface area contributed by atoms with Crippen LogP contribution in [0.2, 0.25) is 5.02 Å². The zero-order valence-electron chi connectivity index (χ0n) is 21.3. The fourth-order valence-corrected chi connectivity index (χ4v) is 8.60. The Labute approximate surface area is 222 Å². The second-order valence-electron chi connectivity index (χ2n) is 11.9. The number of fused-ring (bicyclic) bond motifs is 1. The second-order valence-corrected chi connectivity index (χ2v) is 12.3. The number of halogens is 1. The number of aryl methyl sites for hydroxylation is 1. The molecule has 1 N–H and O–H groups in total. The van der Waals surface area contributed by atoms with Gasteiger partial charge in [0.15, 0.2) is 0 Å². The summed E-state index contributed by atoms with van der Waals surface area (Å²) in [4.78, 5) is 37.9. The Hall–Kier alpha value is -2.86. The van der Waals surface area contributed by atoms with E-state index in [0.717, 1.165) is 57.6 Å². The number of hydrogen-bond acceptors (Lipinski definition) is 3. The van der Waals surface area contributed by atoms with Crippen molar-refractivity contribution in [3.05, 3.63) is 47.2 Å². The first kappa shape index (κ1) is 23.3. The Morgan fingerprint density at radius 1 is 1.19 bits per heavy atom. The summed E-state index contributed by atoms with van der Waals surface area (Å²) in [5, 5.41) is 1.63. The zero-order chi connectivity index (χ0) is 25.3. The van der Waals surface area contributed by atoms with Crippen LogP contribution in [0.3, 0.4) is 0 Å². The number of anilines is 1. The van der Waals surface area contributed by atoms with E-state index in [0.29, 0.717) is 24.5 Å². The third-order valence-corrected chi connectivity index (χ3v) is 10.1. The number of aromatic nitrogens is 2. The first-order chi connectivity index (χ1) is 17.9. The zero-order valence-corrected chi connectivity index (χ0v) is 22.1. The molecule has 37 heavy (non-hydrogen) atoms. The molecule has 5 aliphatic rings. The number of carbonyl (C=O) groups excluding carboxylic acids is 2. The largest absolute Gasteiger partial charge is 0.346 e. The molecule has 2 unspecified atom stereocenters. The number of aromatic amines is 1. The molecular formula is C30H33ClN4O2. The van der Waals surface area contributed by atoms with E-state index in [-0.39, 0.29) is 23.8 Å². The molecule has 4 saturated carbocycles. The number of amides is 2. The molecule has 2 atom stereocenters. The molecule has 4 bridgehead atoms. The quantitative estimate of drug-likeness (QED) is 0.463. The molecule has 4 aliphatic carbocycles. The van der Waals surface area contributed by atoms with Gasteiger partial charge in [-0.15, -0.1) is 0 Å². The van der Waals surface area contributed by atoms with Crippen molar-refractivity contribution in [1.29, 1.82) is 0 Å². The van der Waals surface area contributed by atoms with Gasteiger partial charge in [0.2, 0.25) is 11.8 Å². The molecule has 192 valence electrons. The predicted octanol–water partition coefficient (Wildman–Crippen LogP) is 5.84. The normalized spacial score (nSPS) is 28.6. The highest BCUT2D eigenvalue weighted by Crippen LogP contribution is 2.65. The van der Waals surface area contributed by atoms with Gasteiger partial charge in [-0.05, 0) is 85.0 Å². The van der Waals surface area contributed by atoms with Gasteiger partial charge in [-0.3, -0.25) is 9.59 Å². The van der Waals surface area contributed by atoms with E-state index in [4.69, 9.17) is 11.6 Å². The third kappa shape index (κ3) is 3.79. The van der Waals surface area contributed by atoms with Crippen LogP contribution in [0.1, 0.15) is 51.0 Å². The van der Waals surface area contributed by atoms with Crippen molar-refractivity contribution in [1.82, 2.24) is 14.9 Å². The minimum absolute atomic E-state index is 0.0244. The lowest BCUT2D eigenvalue weighted by molar-refractivity contribution is -0.139. The summed E-state index contributed by atoms with van der Waals surface area (Å²) >= 11 is 6.86. The summed E-state index contributed by atoms with van der Waals surface area (Å²) in [7, 11) is 0. The lowest BCUT2D eigenvalue weighted by atomic mass is 9.67. The molecule has 2 amide bonds. The van der Waals surface area contributed by atoms with E-state index in [1.807, 2.05) is 30.5 Å². The highest BCUT2D eigenvalue weighted by molar-refractivity contribution is 6.38. The van der Waals surface area contributed by atoms with Crippen molar-refractivity contribution in [2.24, 2.45) is 23.2 Å². The van der Waals surface area contributed by atoms with Gasteiger partial charge in [-0.1, -0.05) is 30.7 Å². The number of H-pyrrole nitrogens is 1. The lowest BCUT2D eigenvalue weighted by Crippen LogP contribution is -2.53. The van der Waals surface area contributed by atoms with Crippen LogP contribution in [-0.4, -0.2) is 46.3 Å². The molecule has 5 fully saturated rings. The van der Waals surface area contributed by atoms with Crippen LogP contribution >= 0.6 is 11.6 Å². The first-order valence-corrected chi connectivity index (χ1v) is 14.1. The molecule has 3 heterocycles. The number of piperazine rings is 1. The summed E-state index contributed by atoms with van der Waals surface area (Å²) in [5.41, 5.74) is 4.76. The van der Waals surface area contributed by atoms with Gasteiger partial charge in [0.1, 0.15) is 12.2 Å². The molecule has 2 aromatic heterocycles. The van der Waals surface area contributed by atoms with Gasteiger partial charge in [0.25, 0.3) is 0 Å². The lowest BCUT2D eigenvalue weighted by Gasteiger charge is -2.40. The van der Waals surface area contributed by atoms with Crippen molar-refractivity contribution in [2.45, 2.75) is 51.9 Å². The summed E-state index contributed by atoms with van der Waals surface area (Å²) in [6.07, 6.45) is 11.7. The van der Waals surface area contributed by atoms with E-state index in [1.165, 1.54) is 32.1 Å². The van der Waals surface area contributed by atoms with Gasteiger partial charge >= 0.3 is 0 Å². The van der Waals surface area contributed by atoms with E-state index in [2.05, 4.69) is 16.9 Å². The molecule has 1 aliphatic heterocycles. The number of nitrogens with zero attached hydrogens (tertiary/aromatic N) is 3. The Kier molecular flexibility index (Phi) is 5.40. The second kappa shape index (κ2) is 8.59. The van der Waals surface area contributed by atoms with Crippen LogP contribution < -0.4 is 4.90 Å². The smallest absolute Gasteiger partial charge is 0.246 e. The van der Waals surface area contributed by atoms with Gasteiger partial charge in [-0.25, -0.2) is 4.98 Å². The van der Waals surface area contributed by atoms with Crippen LogP contribution in [0.4, 0.5) is 5.69 Å². The molecule has 0 radical (unpaired) electrons. The number of carbonyl (C=O) groups is 2. The Balaban J connectivity index is 1.07. The Morgan fingerprint density at radius 2 is 2.00 bits per heavy atom. The first-order valence-electron chi connectivity index (χ1n) is 13.8. The fraction of sp³-hybridized carbons (Fsp3) is 0.500. The third-order valence-electron chi connectivity index (χ3n) is 9.72. The maximum Gasteiger partial charge on any atom is 0.246 e. The number of benzene rings is 1. The summed E-state index contributed by atoms with van der Waals surface area (Å²) in [5.74, 6) is 2.70. The predicted molar refractivity (Wildman–Crippen MR) is 145 cm³/mol. The van der Waals surface area contributed by atoms with Crippen molar-refractivity contribution >= 4 is 40.1 Å². The molecule has 0 spiro atoms. The van der Waals surface area contributed by atoms with E-state index >= 15 is 0 Å². The fourth-order valence-electron chi connectivity index (χ4n) is 8.23. The minimum atomic E-state index is -0.0244. The van der Waals surface area contributed by atoms with Crippen LogP contribution in [0.5, 0.6) is 0 Å². The molecule has 1 aromatic carbocycles. The average Bonchev–Trinajstić information content (AvgIpc) is 3.51. The highest BCUT2D eigenvalue weighted by Gasteiger charge is 2.56. The van der Waals surface area contributed by atoms with E-state index < -0.39 is 0 Å². The number of hydrogen-bond donors (Lipinski definition) is 1. The van der Waals surface area contributed by atoms with Gasteiger partial charge in [0, 0.05) is 48.5 Å². The molecule has 7 heteroatoms. The topological polar surface area (TPSA) is 69.3 Å². The van der Waals surface area contributed by atoms with Gasteiger partial charge in [0.05, 0.1) is 5.02 Å². The molecular weight excluding hydrogens is 484 g/mol. The average molecular weight is 517 g/mol. The van der Waals surface area contributed by atoms with E-state index in [1.54, 1.807) is 16.0 Å². The number of rotatable bonds is 5. The molecule has 6 nitrogen and oxygen atoms in total. The monoisotopic (exact) mass is 516 g/mol. The summed E-state index contributed by atoms with van der Waals surface area (Å²) in [6.45, 7) is 3.35. The maximum absolute atomic E-state index is 13.3. The molecule has 3 aromatic rings. The van der Waals surface area contributed by atoms with Crippen molar-refractivity contribution in [3.63, 3.8) is 0 Å². The number of pyridine rings is 1. The number of nitrogens with one attached hydrogen (secondary N) is 1. The summed E-state index contributed by atoms with van der Waals surface area (Å²) in [6, 6.07) is 7.92. The SMILES string of the molecule is CCc1c[nH]c2ncc(-c3cccc(N4CCN(C(=O)CC56CC7CC(C5)C(C7)C6)CC4=O)c3)c(Cl)c12. The standard InChI is InChI=1S/C30H33ClN4O2/c1-2-19-15-32-29-27(19)28(31)24(16-33-29)20-4-3-5-23(10-20)35-7-6-34(17-26(35)37)25(36)14-30-11-18-8-21(12-30)22(9-18)13-30/h3-5,10,15-16,18,21-22H,2,6-9,11-14,17H2,1H3,(H,32,33). The Bertz CT molecular complexity index is 1390. The Morgan fingerprint density at radius 3 is 2.73 bits per heavy atom. The van der Waals surface area contributed by atoms with Crippen molar-refractivity contribution < 1.29 is 9.59 Å². The van der Waals surface area contributed by atoms with Crippen LogP contribution in [-0.2, 0) is 16.0 Å². The van der Waals surface area contributed by atoms with Crippen molar-refractivity contribution in [2.75, 3.05) is 24.5 Å². The van der Waals surface area contributed by atoms with E-state index in [9.17, 15) is 9.59 Å². The minimum Gasteiger partial charge on any atom is -0.346 e. The summed E-state index contributed by atoms with van der Waals surface area (Å²) < 4.78 is 0. The highest BCUT2D eigenvalue weighted by atomic mass is 35.5.